The van der Waals surface area contributed by atoms with Crippen LogP contribution in [0.25, 0.3) is 0 Å². The average molecular weight is 514 g/mol. The molecule has 4 rings (SSSR count). The van der Waals surface area contributed by atoms with E-state index in [9.17, 15) is 19.8 Å². The predicted octanol–water partition coefficient (Wildman–Crippen LogP) is 7.33. The molecule has 0 heterocycles. The number of unbranched alkanes of at least 4 members (excludes halogenated alkanes) is 1. The van der Waals surface area contributed by atoms with Crippen molar-refractivity contribution in [1.82, 2.24) is 0 Å². The van der Waals surface area contributed by atoms with Crippen LogP contribution in [0.1, 0.15) is 84.5 Å². The Morgan fingerprint density at radius 1 is 0.789 bits per heavy atom. The Balaban J connectivity index is 1.45. The number of hydrogen-bond donors (Lipinski definition) is 2. The second kappa shape index (κ2) is 13.3. The minimum absolute atomic E-state index is 0.0404. The molecule has 3 aromatic rings. The molecule has 3 aromatic carbocycles. The number of carbonyl (C=O) groups excluding carboxylic acids is 1. The molecule has 0 bridgehead atoms. The molecule has 1 aliphatic carbocycles. The number of phenols is 1. The van der Waals surface area contributed by atoms with Gasteiger partial charge in [0.2, 0.25) is 5.91 Å². The summed E-state index contributed by atoms with van der Waals surface area (Å²) in [6.07, 6.45) is 10.5. The van der Waals surface area contributed by atoms with Crippen LogP contribution in [0.5, 0.6) is 5.75 Å². The van der Waals surface area contributed by atoms with Crippen molar-refractivity contribution in [2.75, 3.05) is 4.90 Å². The number of amides is 1. The third-order valence-corrected chi connectivity index (χ3v) is 7.65. The quantitative estimate of drug-likeness (QED) is 0.281. The maximum Gasteiger partial charge on any atom is 0.339 e. The van der Waals surface area contributed by atoms with Gasteiger partial charge in [-0.05, 0) is 72.9 Å². The summed E-state index contributed by atoms with van der Waals surface area (Å²) in [6.45, 7) is 2.59. The van der Waals surface area contributed by atoms with Crippen LogP contribution in [0.15, 0.2) is 66.7 Å². The minimum atomic E-state index is -1.19. The van der Waals surface area contributed by atoms with Crippen molar-refractivity contribution in [3.05, 3.63) is 94.5 Å². The van der Waals surface area contributed by atoms with Crippen molar-refractivity contribution in [3.63, 3.8) is 0 Å². The lowest BCUT2D eigenvalue weighted by atomic mass is 9.88. The lowest BCUT2D eigenvalue weighted by molar-refractivity contribution is -0.123. The van der Waals surface area contributed by atoms with Crippen molar-refractivity contribution in [3.8, 4) is 5.75 Å². The predicted molar refractivity (Wildman–Crippen MR) is 152 cm³/mol. The maximum atomic E-state index is 13.6. The van der Waals surface area contributed by atoms with E-state index in [0.717, 1.165) is 56.9 Å². The van der Waals surface area contributed by atoms with Gasteiger partial charge >= 0.3 is 5.97 Å². The Morgan fingerprint density at radius 3 is 1.87 bits per heavy atom. The fourth-order valence-corrected chi connectivity index (χ4v) is 5.27. The molecule has 1 amide bonds. The zero-order valence-electron chi connectivity index (χ0n) is 22.4. The fraction of sp³-hybridized carbons (Fsp3) is 0.394. The van der Waals surface area contributed by atoms with Gasteiger partial charge in [0.05, 0.1) is 6.54 Å². The molecule has 5 nitrogen and oxygen atoms in total. The maximum absolute atomic E-state index is 13.6. The van der Waals surface area contributed by atoms with Gasteiger partial charge in [-0.15, -0.1) is 0 Å². The zero-order valence-corrected chi connectivity index (χ0v) is 22.4. The molecule has 200 valence electrons. The molecule has 0 atom stereocenters. The number of nitrogens with zero attached hydrogens (tertiary/aromatic N) is 1. The molecule has 0 spiro atoms. The molecule has 0 unspecified atom stereocenters. The molecule has 1 aliphatic rings. The molecule has 0 aromatic heterocycles. The Bertz CT molecular complexity index is 1210. The van der Waals surface area contributed by atoms with Gasteiger partial charge in [0, 0.05) is 17.7 Å². The number of carboxylic acids is 1. The molecule has 1 fully saturated rings. The molecular weight excluding hydrogens is 474 g/mol. The smallest absolute Gasteiger partial charge is 0.339 e. The minimum Gasteiger partial charge on any atom is -0.507 e. The van der Waals surface area contributed by atoms with E-state index in [2.05, 4.69) is 55.5 Å². The van der Waals surface area contributed by atoms with E-state index in [1.54, 1.807) is 11.0 Å². The second-order valence-corrected chi connectivity index (χ2v) is 10.5. The van der Waals surface area contributed by atoms with E-state index in [0.29, 0.717) is 12.2 Å². The normalized spacial score (nSPS) is 13.8. The van der Waals surface area contributed by atoms with Crippen LogP contribution in [0.2, 0.25) is 0 Å². The summed E-state index contributed by atoms with van der Waals surface area (Å²) in [4.78, 5) is 26.6. The zero-order chi connectivity index (χ0) is 26.9. The van der Waals surface area contributed by atoms with Crippen molar-refractivity contribution in [2.45, 2.75) is 77.7 Å². The second-order valence-electron chi connectivity index (χ2n) is 10.5. The van der Waals surface area contributed by atoms with Crippen LogP contribution in [-0.4, -0.2) is 22.1 Å². The first-order valence-corrected chi connectivity index (χ1v) is 14.0. The van der Waals surface area contributed by atoms with Gasteiger partial charge in [0.15, 0.2) is 0 Å². The average Bonchev–Trinajstić information content (AvgIpc) is 2.94. The molecule has 5 heteroatoms. The first kappa shape index (κ1) is 27.4. The summed E-state index contributed by atoms with van der Waals surface area (Å²) >= 11 is 0. The topological polar surface area (TPSA) is 77.8 Å². The van der Waals surface area contributed by atoms with Crippen LogP contribution in [0.3, 0.4) is 0 Å². The summed E-state index contributed by atoms with van der Waals surface area (Å²) in [5.74, 6) is -1.52. The number of carboxylic acid groups (broad SMARTS) is 1. The molecule has 38 heavy (non-hydrogen) atoms. The SMILES string of the molecule is CCCCc1ccc(CCc2ccc(CN(C(=O)C3CCCCC3)c3ccc(C(=O)O)c(O)c3)cc2)cc1. The summed E-state index contributed by atoms with van der Waals surface area (Å²) in [5, 5.41) is 19.6. The Kier molecular flexibility index (Phi) is 9.58. The van der Waals surface area contributed by atoms with E-state index >= 15 is 0 Å². The lowest BCUT2D eigenvalue weighted by Crippen LogP contribution is -2.36. The highest BCUT2D eigenvalue weighted by molar-refractivity contribution is 5.97. The number of carbonyl (C=O) groups is 2. The summed E-state index contributed by atoms with van der Waals surface area (Å²) in [6, 6.07) is 21.7. The van der Waals surface area contributed by atoms with Crippen LogP contribution in [-0.2, 0) is 30.6 Å². The summed E-state index contributed by atoms with van der Waals surface area (Å²) < 4.78 is 0. The number of aromatic carboxylic acids is 1. The third kappa shape index (κ3) is 7.25. The van der Waals surface area contributed by atoms with Crippen LogP contribution < -0.4 is 4.90 Å². The summed E-state index contributed by atoms with van der Waals surface area (Å²) in [5.41, 5.74) is 5.34. The highest BCUT2D eigenvalue weighted by atomic mass is 16.4. The number of aryl methyl sites for hydroxylation is 3. The number of aromatic hydroxyl groups is 1. The van der Waals surface area contributed by atoms with E-state index in [1.165, 1.54) is 41.7 Å². The highest BCUT2D eigenvalue weighted by Gasteiger charge is 2.28. The van der Waals surface area contributed by atoms with Gasteiger partial charge in [-0.2, -0.15) is 0 Å². The van der Waals surface area contributed by atoms with E-state index < -0.39 is 5.97 Å². The van der Waals surface area contributed by atoms with E-state index in [4.69, 9.17) is 0 Å². The van der Waals surface area contributed by atoms with Crippen LogP contribution in [0, 0.1) is 5.92 Å². The van der Waals surface area contributed by atoms with Crippen LogP contribution >= 0.6 is 0 Å². The molecule has 0 radical (unpaired) electrons. The van der Waals surface area contributed by atoms with Crippen molar-refractivity contribution >= 4 is 17.6 Å². The van der Waals surface area contributed by atoms with E-state index in [-0.39, 0.29) is 23.1 Å². The third-order valence-electron chi connectivity index (χ3n) is 7.65. The van der Waals surface area contributed by atoms with Crippen molar-refractivity contribution in [2.24, 2.45) is 5.92 Å². The summed E-state index contributed by atoms with van der Waals surface area (Å²) in [7, 11) is 0. The van der Waals surface area contributed by atoms with Gasteiger partial charge in [-0.1, -0.05) is 81.1 Å². The van der Waals surface area contributed by atoms with E-state index in [1.807, 2.05) is 0 Å². The highest BCUT2D eigenvalue weighted by Crippen LogP contribution is 2.31. The number of anilines is 1. The molecule has 0 aliphatic heterocycles. The number of benzene rings is 3. The largest absolute Gasteiger partial charge is 0.507 e. The molecular formula is C33H39NO4. The van der Waals surface area contributed by atoms with Gasteiger partial charge in [-0.25, -0.2) is 4.79 Å². The first-order valence-electron chi connectivity index (χ1n) is 14.0. The monoisotopic (exact) mass is 513 g/mol. The standard InChI is InChI=1S/C33H39NO4/c1-2-3-7-24-10-12-25(13-11-24)14-15-26-16-18-27(19-17-26)23-34(32(36)28-8-5-4-6-9-28)29-20-21-30(33(37)38)31(35)22-29/h10-13,16-22,28,35H,2-9,14-15,23H2,1H3,(H,37,38). The molecule has 0 saturated heterocycles. The number of rotatable bonds is 11. The molecule has 1 saturated carbocycles. The Hall–Kier alpha value is -3.60. The van der Waals surface area contributed by atoms with Crippen molar-refractivity contribution < 1.29 is 19.8 Å². The fourth-order valence-electron chi connectivity index (χ4n) is 5.27. The number of hydrogen-bond acceptors (Lipinski definition) is 3. The molecule has 2 N–H and O–H groups in total. The van der Waals surface area contributed by atoms with Gasteiger partial charge in [-0.3, -0.25) is 4.79 Å². The van der Waals surface area contributed by atoms with Crippen LogP contribution in [0.4, 0.5) is 5.69 Å². The van der Waals surface area contributed by atoms with Crippen molar-refractivity contribution in [1.29, 1.82) is 0 Å². The van der Waals surface area contributed by atoms with Gasteiger partial charge < -0.3 is 15.1 Å². The lowest BCUT2D eigenvalue weighted by Gasteiger charge is -2.30. The van der Waals surface area contributed by atoms with Gasteiger partial charge in [0.25, 0.3) is 0 Å². The first-order chi connectivity index (χ1) is 18.4. The Labute approximate surface area is 226 Å². The Morgan fingerprint density at radius 2 is 1.34 bits per heavy atom. The van der Waals surface area contributed by atoms with Gasteiger partial charge in [0.1, 0.15) is 11.3 Å².